The highest BCUT2D eigenvalue weighted by molar-refractivity contribution is 7.17. The number of halogens is 2. The second-order valence-electron chi connectivity index (χ2n) is 8.60. The first-order valence-electron chi connectivity index (χ1n) is 11.4. The second-order valence-corrected chi connectivity index (χ2v) is 10.1. The molecule has 2 aromatic rings. The average Bonchev–Trinajstić information content (AvgIpc) is 2.96. The molecule has 2 heterocycles. The van der Waals surface area contributed by atoms with Gasteiger partial charge in [-0.3, -0.25) is 14.6 Å². The molecule has 1 aromatic heterocycles. The third kappa shape index (κ3) is 5.93. The van der Waals surface area contributed by atoms with Crippen molar-refractivity contribution in [2.75, 3.05) is 45.2 Å². The summed E-state index contributed by atoms with van der Waals surface area (Å²) < 4.78 is 18.3. The Morgan fingerprint density at radius 3 is 2.58 bits per heavy atom. The van der Waals surface area contributed by atoms with Gasteiger partial charge in [0.25, 0.3) is 0 Å². The second kappa shape index (κ2) is 11.0. The Bertz CT molecular complexity index is 1020. The van der Waals surface area contributed by atoms with Crippen molar-refractivity contribution in [1.82, 2.24) is 9.80 Å². The number of ether oxygens (including phenoxy) is 1. The summed E-state index contributed by atoms with van der Waals surface area (Å²) in [4.78, 5) is 30.8. The Morgan fingerprint density at radius 1 is 1.12 bits per heavy atom. The van der Waals surface area contributed by atoms with Crippen molar-refractivity contribution in [3.8, 4) is 0 Å². The van der Waals surface area contributed by atoms with Crippen LogP contribution in [0.5, 0.6) is 0 Å². The predicted octanol–water partition coefficient (Wildman–Crippen LogP) is 4.35. The number of fused-ring (bicyclic) bond motifs is 1. The largest absolute Gasteiger partial charge is 0.465 e. The first-order valence-corrected chi connectivity index (χ1v) is 12.6. The Balaban J connectivity index is 1.33. The molecule has 1 fully saturated rings. The highest BCUT2D eigenvalue weighted by Gasteiger charge is 2.27. The van der Waals surface area contributed by atoms with Crippen LogP contribution >= 0.6 is 22.9 Å². The van der Waals surface area contributed by atoms with Crippen molar-refractivity contribution in [3.63, 3.8) is 0 Å². The molecule has 0 radical (unpaired) electrons. The van der Waals surface area contributed by atoms with Gasteiger partial charge >= 0.3 is 5.97 Å². The summed E-state index contributed by atoms with van der Waals surface area (Å²) in [5, 5.41) is 4.04. The van der Waals surface area contributed by atoms with Crippen LogP contribution in [0.25, 0.3) is 0 Å². The van der Waals surface area contributed by atoms with Crippen LogP contribution in [-0.4, -0.2) is 61.5 Å². The van der Waals surface area contributed by atoms with Crippen molar-refractivity contribution in [1.29, 1.82) is 0 Å². The molecule has 1 aromatic carbocycles. The van der Waals surface area contributed by atoms with Crippen LogP contribution in [0.4, 0.5) is 9.39 Å². The summed E-state index contributed by atoms with van der Waals surface area (Å²) in [6.45, 7) is 4.01. The lowest BCUT2D eigenvalue weighted by Gasteiger charge is -2.34. The van der Waals surface area contributed by atoms with Crippen LogP contribution < -0.4 is 5.32 Å². The number of carbonyl (C=O) groups is 2. The van der Waals surface area contributed by atoms with E-state index in [1.165, 1.54) is 35.5 Å². The molecule has 178 valence electrons. The standard InChI is InChI=1S/C24H29ClFN3O3S/c1-32-24(31)22-18-5-3-2-4-6-20(18)33-23(22)27-21(30)15-29-11-9-28(10-12-29)14-16-7-8-17(26)13-19(16)25/h7-8,13H,2-6,9-12,14-15H2,1H3,(H,27,30). The maximum atomic E-state index is 13.3. The minimum absolute atomic E-state index is 0.119. The van der Waals surface area contributed by atoms with Gasteiger partial charge in [0.05, 0.1) is 19.2 Å². The Labute approximate surface area is 202 Å². The smallest absolute Gasteiger partial charge is 0.341 e. The third-order valence-electron chi connectivity index (χ3n) is 6.30. The molecule has 2 aliphatic rings. The number of benzene rings is 1. The number of anilines is 1. The Morgan fingerprint density at radius 2 is 1.85 bits per heavy atom. The number of methoxy groups -OCH3 is 1. The number of nitrogens with one attached hydrogen (secondary N) is 1. The molecule has 1 amide bonds. The normalized spacial score (nSPS) is 17.3. The van der Waals surface area contributed by atoms with Crippen LogP contribution in [0.1, 0.15) is 45.6 Å². The average molecular weight is 494 g/mol. The van der Waals surface area contributed by atoms with Gasteiger partial charge in [-0.15, -0.1) is 11.3 Å². The van der Waals surface area contributed by atoms with Crippen molar-refractivity contribution in [2.45, 2.75) is 38.6 Å². The van der Waals surface area contributed by atoms with E-state index in [1.807, 2.05) is 0 Å². The fraction of sp³-hybridized carbons (Fsp3) is 0.500. The summed E-state index contributed by atoms with van der Waals surface area (Å²) in [5.41, 5.74) is 2.48. The maximum absolute atomic E-state index is 13.3. The lowest BCUT2D eigenvalue weighted by Crippen LogP contribution is -2.48. The van der Waals surface area contributed by atoms with E-state index in [0.29, 0.717) is 22.1 Å². The number of esters is 1. The monoisotopic (exact) mass is 493 g/mol. The van der Waals surface area contributed by atoms with E-state index < -0.39 is 0 Å². The number of amides is 1. The molecule has 1 N–H and O–H groups in total. The quantitative estimate of drug-likeness (QED) is 0.479. The van der Waals surface area contributed by atoms with E-state index in [1.54, 1.807) is 6.07 Å². The molecule has 4 rings (SSSR count). The minimum Gasteiger partial charge on any atom is -0.465 e. The molecule has 33 heavy (non-hydrogen) atoms. The summed E-state index contributed by atoms with van der Waals surface area (Å²) in [6.07, 6.45) is 5.11. The summed E-state index contributed by atoms with van der Waals surface area (Å²) in [5.74, 6) is -0.832. The number of carbonyl (C=O) groups excluding carboxylic acids is 2. The third-order valence-corrected chi connectivity index (χ3v) is 7.86. The first-order chi connectivity index (χ1) is 15.9. The number of aryl methyl sites for hydroxylation is 1. The molecule has 1 aliphatic heterocycles. The van der Waals surface area contributed by atoms with Crippen LogP contribution in [0.15, 0.2) is 18.2 Å². The van der Waals surface area contributed by atoms with E-state index in [4.69, 9.17) is 16.3 Å². The number of thiophene rings is 1. The van der Waals surface area contributed by atoms with E-state index in [9.17, 15) is 14.0 Å². The number of hydrogen-bond acceptors (Lipinski definition) is 6. The molecule has 0 spiro atoms. The van der Waals surface area contributed by atoms with Gasteiger partial charge in [0.15, 0.2) is 0 Å². The van der Waals surface area contributed by atoms with Crippen LogP contribution in [0.3, 0.4) is 0 Å². The molecule has 0 atom stereocenters. The zero-order valence-electron chi connectivity index (χ0n) is 18.8. The molecule has 0 saturated carbocycles. The summed E-state index contributed by atoms with van der Waals surface area (Å²) in [7, 11) is 1.38. The van der Waals surface area contributed by atoms with Gasteiger partial charge in [-0.1, -0.05) is 24.1 Å². The number of nitrogens with zero attached hydrogens (tertiary/aromatic N) is 2. The van der Waals surface area contributed by atoms with Crippen molar-refractivity contribution in [3.05, 3.63) is 50.6 Å². The number of piperazine rings is 1. The van der Waals surface area contributed by atoms with Crippen LogP contribution in [-0.2, 0) is 28.9 Å². The molecule has 1 saturated heterocycles. The van der Waals surface area contributed by atoms with Crippen molar-refractivity contribution < 1.29 is 18.7 Å². The van der Waals surface area contributed by atoms with Crippen LogP contribution in [0, 0.1) is 5.82 Å². The highest BCUT2D eigenvalue weighted by Crippen LogP contribution is 2.38. The molecule has 6 nitrogen and oxygen atoms in total. The summed E-state index contributed by atoms with van der Waals surface area (Å²) >= 11 is 7.67. The fourth-order valence-corrected chi connectivity index (χ4v) is 6.03. The number of hydrogen-bond donors (Lipinski definition) is 1. The fourth-order valence-electron chi connectivity index (χ4n) is 4.51. The lowest BCUT2D eigenvalue weighted by atomic mass is 10.1. The lowest BCUT2D eigenvalue weighted by molar-refractivity contribution is -0.117. The zero-order chi connectivity index (χ0) is 23.4. The van der Waals surface area contributed by atoms with Gasteiger partial charge in [0.2, 0.25) is 5.91 Å². The van der Waals surface area contributed by atoms with Gasteiger partial charge in [-0.05, 0) is 48.9 Å². The van der Waals surface area contributed by atoms with Crippen molar-refractivity contribution >= 4 is 39.8 Å². The SMILES string of the molecule is COC(=O)c1c(NC(=O)CN2CCN(Cc3ccc(F)cc3Cl)CC2)sc2c1CCCCC2. The molecule has 1 aliphatic carbocycles. The van der Waals surface area contributed by atoms with Crippen LogP contribution in [0.2, 0.25) is 5.02 Å². The molecule has 9 heteroatoms. The maximum Gasteiger partial charge on any atom is 0.341 e. The molecule has 0 unspecified atom stereocenters. The minimum atomic E-state index is -0.377. The van der Waals surface area contributed by atoms with Gasteiger partial charge < -0.3 is 10.1 Å². The Kier molecular flexibility index (Phi) is 8.01. The molecule has 0 bridgehead atoms. The van der Waals surface area contributed by atoms with Crippen molar-refractivity contribution in [2.24, 2.45) is 0 Å². The molecular formula is C24H29ClFN3O3S. The van der Waals surface area contributed by atoms with E-state index in [2.05, 4.69) is 15.1 Å². The van der Waals surface area contributed by atoms with E-state index in [0.717, 1.165) is 69.4 Å². The van der Waals surface area contributed by atoms with E-state index >= 15 is 0 Å². The molecular weight excluding hydrogens is 465 g/mol. The van der Waals surface area contributed by atoms with Gasteiger partial charge in [-0.2, -0.15) is 0 Å². The summed E-state index contributed by atoms with van der Waals surface area (Å²) in [6, 6.07) is 4.48. The van der Waals surface area contributed by atoms with Gasteiger partial charge in [0, 0.05) is 42.6 Å². The number of rotatable bonds is 6. The first kappa shape index (κ1) is 24.1. The van der Waals surface area contributed by atoms with Gasteiger partial charge in [-0.25, -0.2) is 9.18 Å². The topological polar surface area (TPSA) is 61.9 Å². The zero-order valence-corrected chi connectivity index (χ0v) is 20.4. The predicted molar refractivity (Wildman–Crippen MR) is 129 cm³/mol. The van der Waals surface area contributed by atoms with E-state index in [-0.39, 0.29) is 24.2 Å². The Hall–Kier alpha value is -2.00. The highest BCUT2D eigenvalue weighted by atomic mass is 35.5. The van der Waals surface area contributed by atoms with Gasteiger partial charge in [0.1, 0.15) is 10.8 Å².